The molecule has 5 nitrogen and oxygen atoms in total. The van der Waals surface area contributed by atoms with Crippen LogP contribution in [0.5, 0.6) is 0 Å². The highest BCUT2D eigenvalue weighted by molar-refractivity contribution is 9.10. The fourth-order valence-electron chi connectivity index (χ4n) is 1.93. The van der Waals surface area contributed by atoms with Gasteiger partial charge in [-0.05, 0) is 49.7 Å². The Morgan fingerprint density at radius 3 is 2.54 bits per heavy atom. The van der Waals surface area contributed by atoms with Gasteiger partial charge in [0.15, 0.2) is 0 Å². The normalized spacial score (nSPS) is 11.8. The Morgan fingerprint density at radius 1 is 1.29 bits per heavy atom. The molecule has 0 aromatic heterocycles. The van der Waals surface area contributed by atoms with Crippen molar-refractivity contribution >= 4 is 39.3 Å². The van der Waals surface area contributed by atoms with Crippen LogP contribution in [0.2, 0.25) is 0 Å². The second-order valence-corrected chi connectivity index (χ2v) is 7.31. The number of amides is 1. The number of nitro groups is 1. The summed E-state index contributed by atoms with van der Waals surface area (Å²) in [5.41, 5.74) is 0.224. The number of hydrogen-bond acceptors (Lipinski definition) is 4. The number of carbonyl (C=O) groups is 1. The summed E-state index contributed by atoms with van der Waals surface area (Å²) in [5.74, 6) is -0.298. The molecule has 0 spiro atoms. The minimum Gasteiger partial charge on any atom is -0.350 e. The Kier molecular flexibility index (Phi) is 6.39. The molecule has 0 aliphatic carbocycles. The molecular formula is C17H17BrN2O3S. The largest absolute Gasteiger partial charge is 0.350 e. The molecule has 2 aromatic carbocycles. The molecule has 24 heavy (non-hydrogen) atoms. The highest BCUT2D eigenvalue weighted by Gasteiger charge is 2.19. The van der Waals surface area contributed by atoms with Gasteiger partial charge in [-0.3, -0.25) is 14.9 Å². The molecule has 0 aliphatic rings. The van der Waals surface area contributed by atoms with E-state index in [0.717, 1.165) is 15.8 Å². The number of nitrogens with zero attached hydrogens (tertiary/aromatic N) is 1. The van der Waals surface area contributed by atoms with Crippen molar-refractivity contribution in [2.75, 3.05) is 0 Å². The van der Waals surface area contributed by atoms with Gasteiger partial charge in [0.1, 0.15) is 0 Å². The molecule has 0 radical (unpaired) electrons. The maximum absolute atomic E-state index is 12.2. The molecule has 1 N–H and O–H groups in total. The van der Waals surface area contributed by atoms with Crippen molar-refractivity contribution in [2.45, 2.75) is 36.1 Å². The summed E-state index contributed by atoms with van der Waals surface area (Å²) in [4.78, 5) is 24.5. The summed E-state index contributed by atoms with van der Waals surface area (Å²) in [6.45, 7) is 3.86. The first-order valence-electron chi connectivity index (χ1n) is 7.43. The Morgan fingerprint density at radius 2 is 1.96 bits per heavy atom. The molecule has 0 bridgehead atoms. The maximum atomic E-state index is 12.2. The molecular weight excluding hydrogens is 392 g/mol. The van der Waals surface area contributed by atoms with E-state index in [1.54, 1.807) is 12.1 Å². The van der Waals surface area contributed by atoms with Crippen molar-refractivity contribution in [3.05, 3.63) is 62.6 Å². The zero-order valence-corrected chi connectivity index (χ0v) is 15.7. The molecule has 1 atom stereocenters. The van der Waals surface area contributed by atoms with Crippen molar-refractivity contribution in [2.24, 2.45) is 0 Å². The number of hydrogen-bond donors (Lipinski definition) is 1. The number of halogens is 1. The molecule has 0 heterocycles. The molecule has 0 aliphatic heterocycles. The Bertz CT molecular complexity index is 750. The first-order chi connectivity index (χ1) is 11.4. The number of carbonyl (C=O) groups excluding carboxylic acids is 1. The van der Waals surface area contributed by atoms with Crippen molar-refractivity contribution in [3.8, 4) is 0 Å². The van der Waals surface area contributed by atoms with Crippen molar-refractivity contribution < 1.29 is 9.72 Å². The maximum Gasteiger partial charge on any atom is 0.284 e. The monoisotopic (exact) mass is 408 g/mol. The first-order valence-corrected chi connectivity index (χ1v) is 9.04. The third-order valence-electron chi connectivity index (χ3n) is 3.45. The van der Waals surface area contributed by atoms with Crippen LogP contribution in [0.15, 0.2) is 56.7 Å². The second kappa shape index (κ2) is 8.30. The molecule has 2 aromatic rings. The Hall–Kier alpha value is -1.86. The van der Waals surface area contributed by atoms with Crippen LogP contribution in [0.4, 0.5) is 5.69 Å². The van der Waals surface area contributed by atoms with E-state index in [2.05, 4.69) is 21.2 Å². The number of nitro benzene ring substituents is 1. The topological polar surface area (TPSA) is 72.2 Å². The van der Waals surface area contributed by atoms with Gasteiger partial charge in [-0.25, -0.2) is 0 Å². The van der Waals surface area contributed by atoms with Gasteiger partial charge in [0.25, 0.3) is 11.6 Å². The molecule has 1 amide bonds. The Labute approximate surface area is 153 Å². The zero-order chi connectivity index (χ0) is 17.7. The molecule has 0 saturated carbocycles. The standard InChI is InChI=1S/C17H17BrN2O3S/c1-3-11(2)19-17(21)12-4-9-16(15(10-12)20(22)23)24-14-7-5-13(18)6-8-14/h4-11H,3H2,1-2H3,(H,19,21). The van der Waals surface area contributed by atoms with Gasteiger partial charge in [-0.2, -0.15) is 0 Å². The van der Waals surface area contributed by atoms with E-state index in [1.807, 2.05) is 38.1 Å². The zero-order valence-electron chi connectivity index (χ0n) is 13.3. The van der Waals surface area contributed by atoms with E-state index in [1.165, 1.54) is 17.8 Å². The van der Waals surface area contributed by atoms with Crippen LogP contribution in [0.25, 0.3) is 0 Å². The lowest BCUT2D eigenvalue weighted by molar-refractivity contribution is -0.387. The highest BCUT2D eigenvalue weighted by Crippen LogP contribution is 2.35. The van der Waals surface area contributed by atoms with Gasteiger partial charge >= 0.3 is 0 Å². The molecule has 0 fully saturated rings. The summed E-state index contributed by atoms with van der Waals surface area (Å²) in [6, 6.07) is 12.1. The van der Waals surface area contributed by atoms with Crippen LogP contribution in [0.1, 0.15) is 30.6 Å². The molecule has 1 unspecified atom stereocenters. The van der Waals surface area contributed by atoms with Gasteiger partial charge in [0.2, 0.25) is 0 Å². The van der Waals surface area contributed by atoms with E-state index >= 15 is 0 Å². The van der Waals surface area contributed by atoms with E-state index in [9.17, 15) is 14.9 Å². The van der Waals surface area contributed by atoms with Crippen LogP contribution >= 0.6 is 27.7 Å². The van der Waals surface area contributed by atoms with Crippen LogP contribution in [-0.4, -0.2) is 16.9 Å². The number of nitrogens with one attached hydrogen (secondary N) is 1. The second-order valence-electron chi connectivity index (χ2n) is 5.28. The van der Waals surface area contributed by atoms with Crippen LogP contribution in [-0.2, 0) is 0 Å². The summed E-state index contributed by atoms with van der Waals surface area (Å²) in [5, 5.41) is 14.2. The number of rotatable bonds is 6. The predicted octanol–water partition coefficient (Wildman–Crippen LogP) is 5.04. The first kappa shape index (κ1) is 18.5. The van der Waals surface area contributed by atoms with E-state index in [0.29, 0.717) is 10.5 Å². The lowest BCUT2D eigenvalue weighted by Crippen LogP contribution is -2.31. The Balaban J connectivity index is 2.28. The van der Waals surface area contributed by atoms with E-state index in [4.69, 9.17) is 0 Å². The highest BCUT2D eigenvalue weighted by atomic mass is 79.9. The number of benzene rings is 2. The summed E-state index contributed by atoms with van der Waals surface area (Å²) < 4.78 is 0.943. The van der Waals surface area contributed by atoms with Crippen LogP contribution in [0, 0.1) is 10.1 Å². The van der Waals surface area contributed by atoms with E-state index < -0.39 is 4.92 Å². The molecule has 126 valence electrons. The van der Waals surface area contributed by atoms with E-state index in [-0.39, 0.29) is 17.6 Å². The summed E-state index contributed by atoms with van der Waals surface area (Å²) >= 11 is 4.65. The van der Waals surface area contributed by atoms with Gasteiger partial charge in [0, 0.05) is 27.0 Å². The lowest BCUT2D eigenvalue weighted by atomic mass is 10.1. The fourth-order valence-corrected chi connectivity index (χ4v) is 3.09. The van der Waals surface area contributed by atoms with Crippen molar-refractivity contribution in [3.63, 3.8) is 0 Å². The average molecular weight is 409 g/mol. The van der Waals surface area contributed by atoms with Crippen molar-refractivity contribution in [1.82, 2.24) is 5.32 Å². The molecule has 7 heteroatoms. The molecule has 0 saturated heterocycles. The van der Waals surface area contributed by atoms with Crippen LogP contribution < -0.4 is 5.32 Å². The minimum absolute atomic E-state index is 0.0216. The van der Waals surface area contributed by atoms with Gasteiger partial charge in [-0.1, -0.05) is 34.6 Å². The quantitative estimate of drug-likeness (QED) is 0.536. The third-order valence-corrected chi connectivity index (χ3v) is 5.05. The van der Waals surface area contributed by atoms with Crippen LogP contribution in [0.3, 0.4) is 0 Å². The van der Waals surface area contributed by atoms with Gasteiger partial charge in [-0.15, -0.1) is 0 Å². The van der Waals surface area contributed by atoms with Gasteiger partial charge < -0.3 is 5.32 Å². The van der Waals surface area contributed by atoms with Crippen molar-refractivity contribution in [1.29, 1.82) is 0 Å². The average Bonchev–Trinajstić information content (AvgIpc) is 2.56. The lowest BCUT2D eigenvalue weighted by Gasteiger charge is -2.11. The molecule has 2 rings (SSSR count). The summed E-state index contributed by atoms with van der Waals surface area (Å²) in [6.07, 6.45) is 0.797. The predicted molar refractivity (Wildman–Crippen MR) is 98.6 cm³/mol. The minimum atomic E-state index is -0.457. The third kappa shape index (κ3) is 4.82. The summed E-state index contributed by atoms with van der Waals surface area (Å²) in [7, 11) is 0. The smallest absolute Gasteiger partial charge is 0.284 e. The van der Waals surface area contributed by atoms with Gasteiger partial charge in [0.05, 0.1) is 9.82 Å². The SMILES string of the molecule is CCC(C)NC(=O)c1ccc(Sc2ccc(Br)cc2)c([N+](=O)[O-])c1. The fraction of sp³-hybridized carbons (Fsp3) is 0.235.